The standard InChI is InChI=1S/C31H30NO4/c1-23-11-15-29(16-12-23)36-30-17-13-27(14-18-30)32-31(34)26(20-28(33)19-24-7-5-6-8-24)22-35-21-25-9-3-2-4-10-25/h2-5,8-18,26H,6,19-22H2,1H3,(H,32,34)/q-1. The van der Waals surface area contributed by atoms with Crippen molar-refractivity contribution in [1.82, 2.24) is 0 Å². The van der Waals surface area contributed by atoms with Gasteiger partial charge in [-0.1, -0.05) is 48.0 Å². The maximum Gasteiger partial charge on any atom is 0.230 e. The average Bonchev–Trinajstić information content (AvgIpc) is 3.39. The van der Waals surface area contributed by atoms with Crippen molar-refractivity contribution in [1.29, 1.82) is 0 Å². The van der Waals surface area contributed by atoms with E-state index >= 15 is 0 Å². The number of anilines is 1. The molecule has 1 amide bonds. The van der Waals surface area contributed by atoms with Crippen LogP contribution in [-0.2, 0) is 20.9 Å². The molecule has 0 saturated carbocycles. The van der Waals surface area contributed by atoms with E-state index in [1.54, 1.807) is 24.3 Å². The fraction of sp³-hybridized carbons (Fsp3) is 0.226. The van der Waals surface area contributed by atoms with Crippen LogP contribution in [0.1, 0.15) is 30.4 Å². The molecule has 1 atom stereocenters. The van der Waals surface area contributed by atoms with Gasteiger partial charge in [0.15, 0.2) is 0 Å². The molecule has 0 spiro atoms. The van der Waals surface area contributed by atoms with Gasteiger partial charge < -0.3 is 14.8 Å². The van der Waals surface area contributed by atoms with Crippen LogP contribution in [0.15, 0.2) is 96.6 Å². The predicted octanol–water partition coefficient (Wildman–Crippen LogP) is 6.60. The van der Waals surface area contributed by atoms with Crippen LogP contribution >= 0.6 is 0 Å². The van der Waals surface area contributed by atoms with Crippen LogP contribution in [0.25, 0.3) is 0 Å². The van der Waals surface area contributed by atoms with Gasteiger partial charge in [0.25, 0.3) is 0 Å². The van der Waals surface area contributed by atoms with E-state index in [0.29, 0.717) is 18.0 Å². The minimum Gasteiger partial charge on any atom is -0.457 e. The summed E-state index contributed by atoms with van der Waals surface area (Å²) in [7, 11) is 0. The van der Waals surface area contributed by atoms with Crippen molar-refractivity contribution in [3.8, 4) is 11.5 Å². The lowest BCUT2D eigenvalue weighted by Gasteiger charge is -2.18. The number of rotatable bonds is 12. The molecular weight excluding hydrogens is 450 g/mol. The Morgan fingerprint density at radius 1 is 0.944 bits per heavy atom. The van der Waals surface area contributed by atoms with Crippen molar-refractivity contribution in [2.24, 2.45) is 5.92 Å². The summed E-state index contributed by atoms with van der Waals surface area (Å²) in [4.78, 5) is 25.8. The van der Waals surface area contributed by atoms with Crippen LogP contribution in [0, 0.1) is 18.9 Å². The van der Waals surface area contributed by atoms with E-state index in [0.717, 1.165) is 28.9 Å². The molecule has 0 bridgehead atoms. The van der Waals surface area contributed by atoms with Gasteiger partial charge in [-0.15, -0.1) is 6.42 Å². The molecule has 5 nitrogen and oxygen atoms in total. The van der Waals surface area contributed by atoms with Crippen molar-refractivity contribution < 1.29 is 19.1 Å². The number of hydrogen-bond donors (Lipinski definition) is 1. The summed E-state index contributed by atoms with van der Waals surface area (Å²) in [5, 5.41) is 2.93. The van der Waals surface area contributed by atoms with E-state index in [1.165, 1.54) is 0 Å². The minimum atomic E-state index is -0.601. The molecule has 1 aliphatic rings. The van der Waals surface area contributed by atoms with Gasteiger partial charge in [-0.3, -0.25) is 15.7 Å². The number of benzene rings is 3. The van der Waals surface area contributed by atoms with Crippen LogP contribution in [-0.4, -0.2) is 18.3 Å². The zero-order valence-corrected chi connectivity index (χ0v) is 20.4. The number of allylic oxidation sites excluding steroid dienone is 4. The smallest absolute Gasteiger partial charge is 0.230 e. The van der Waals surface area contributed by atoms with E-state index < -0.39 is 5.92 Å². The van der Waals surface area contributed by atoms with Gasteiger partial charge in [0, 0.05) is 12.1 Å². The highest BCUT2D eigenvalue weighted by Gasteiger charge is 2.22. The lowest BCUT2D eigenvalue weighted by atomic mass is 9.98. The monoisotopic (exact) mass is 480 g/mol. The van der Waals surface area contributed by atoms with Gasteiger partial charge in [-0.25, -0.2) is 11.6 Å². The summed E-state index contributed by atoms with van der Waals surface area (Å²) >= 11 is 0. The van der Waals surface area contributed by atoms with E-state index in [1.807, 2.05) is 73.7 Å². The highest BCUT2D eigenvalue weighted by Crippen LogP contribution is 2.24. The zero-order valence-electron chi connectivity index (χ0n) is 20.4. The summed E-state index contributed by atoms with van der Waals surface area (Å²) < 4.78 is 11.7. The van der Waals surface area contributed by atoms with Crippen LogP contribution in [0.4, 0.5) is 5.69 Å². The third kappa shape index (κ3) is 7.79. The molecule has 0 heterocycles. The van der Waals surface area contributed by atoms with Gasteiger partial charge in [0.1, 0.15) is 17.3 Å². The van der Waals surface area contributed by atoms with Crippen LogP contribution in [0.3, 0.4) is 0 Å². The lowest BCUT2D eigenvalue weighted by molar-refractivity contribution is -0.128. The van der Waals surface area contributed by atoms with E-state index in [9.17, 15) is 9.59 Å². The highest BCUT2D eigenvalue weighted by atomic mass is 16.5. The molecule has 3 aromatic carbocycles. The molecular formula is C31H30NO4-. The second kappa shape index (κ2) is 12.7. The number of carbonyl (C=O) groups is 2. The molecule has 5 heteroatoms. The lowest BCUT2D eigenvalue weighted by Crippen LogP contribution is -2.29. The summed E-state index contributed by atoms with van der Waals surface area (Å²) in [6.07, 6.45) is 8.17. The Hall–Kier alpha value is -3.96. The Balaban J connectivity index is 1.36. The summed E-state index contributed by atoms with van der Waals surface area (Å²) in [6.45, 7) is 2.56. The fourth-order valence-corrected chi connectivity index (χ4v) is 3.85. The molecule has 36 heavy (non-hydrogen) atoms. The topological polar surface area (TPSA) is 64.6 Å². The van der Waals surface area contributed by atoms with Crippen molar-refractivity contribution in [2.45, 2.75) is 32.8 Å². The third-order valence-electron chi connectivity index (χ3n) is 5.81. The van der Waals surface area contributed by atoms with Gasteiger partial charge in [0.05, 0.1) is 19.1 Å². The Kier molecular flexibility index (Phi) is 8.84. The van der Waals surface area contributed by atoms with E-state index in [4.69, 9.17) is 9.47 Å². The number of amides is 1. The van der Waals surface area contributed by atoms with E-state index in [-0.39, 0.29) is 31.1 Å². The number of hydrogen-bond acceptors (Lipinski definition) is 4. The molecule has 0 radical (unpaired) electrons. The van der Waals surface area contributed by atoms with Crippen LogP contribution in [0.2, 0.25) is 0 Å². The third-order valence-corrected chi connectivity index (χ3v) is 5.81. The largest absolute Gasteiger partial charge is 0.457 e. The Morgan fingerprint density at radius 3 is 2.31 bits per heavy atom. The first kappa shape index (κ1) is 25.1. The average molecular weight is 481 g/mol. The molecule has 0 aliphatic heterocycles. The Bertz CT molecular complexity index is 1210. The van der Waals surface area contributed by atoms with Crippen LogP contribution < -0.4 is 10.1 Å². The first-order valence-corrected chi connectivity index (χ1v) is 12.1. The maximum atomic E-state index is 13.1. The molecule has 184 valence electrons. The Morgan fingerprint density at radius 2 is 1.64 bits per heavy atom. The fourth-order valence-electron chi connectivity index (χ4n) is 3.85. The first-order chi connectivity index (χ1) is 17.5. The summed E-state index contributed by atoms with van der Waals surface area (Å²) in [5.74, 6) is 0.563. The molecule has 4 rings (SSSR count). The Labute approximate surface area is 212 Å². The molecule has 0 aromatic heterocycles. The van der Waals surface area contributed by atoms with Gasteiger partial charge in [0.2, 0.25) is 5.91 Å². The van der Waals surface area contributed by atoms with Gasteiger partial charge >= 0.3 is 0 Å². The van der Waals surface area contributed by atoms with E-state index in [2.05, 4.69) is 11.4 Å². The maximum absolute atomic E-state index is 13.1. The number of Topliss-reactive ketones (excluding diaryl/α,β-unsaturated/α-hetero) is 1. The quantitative estimate of drug-likeness (QED) is 0.297. The SMILES string of the molecule is Cc1ccc(Oc2ccc(NC(=O)C(COCc3ccccc3)CC(=O)CC3=CCC=[C-]3)cc2)cc1. The zero-order chi connectivity index (χ0) is 25.2. The molecule has 1 aliphatic carbocycles. The number of nitrogens with one attached hydrogen (secondary N) is 1. The highest BCUT2D eigenvalue weighted by molar-refractivity contribution is 5.96. The van der Waals surface area contributed by atoms with Gasteiger partial charge in [-0.05, 0) is 55.3 Å². The number of carbonyl (C=O) groups excluding carboxylic acids is 2. The van der Waals surface area contributed by atoms with Crippen LogP contribution in [0.5, 0.6) is 11.5 Å². The molecule has 0 fully saturated rings. The summed E-state index contributed by atoms with van der Waals surface area (Å²) in [6, 6.07) is 24.7. The molecule has 1 N–H and O–H groups in total. The number of aryl methyl sites for hydroxylation is 1. The molecule has 0 saturated heterocycles. The second-order valence-corrected chi connectivity index (χ2v) is 8.86. The van der Waals surface area contributed by atoms with Crippen molar-refractivity contribution in [2.75, 3.05) is 11.9 Å². The molecule has 1 unspecified atom stereocenters. The van der Waals surface area contributed by atoms with Crippen molar-refractivity contribution in [3.05, 3.63) is 114 Å². The second-order valence-electron chi connectivity index (χ2n) is 8.86. The van der Waals surface area contributed by atoms with Crippen molar-refractivity contribution >= 4 is 17.4 Å². The predicted molar refractivity (Wildman–Crippen MR) is 141 cm³/mol. The number of ether oxygens (including phenoxy) is 2. The normalized spacial score (nSPS) is 13.2. The van der Waals surface area contributed by atoms with Crippen molar-refractivity contribution in [3.63, 3.8) is 0 Å². The number of ketones is 1. The summed E-state index contributed by atoms with van der Waals surface area (Å²) in [5.41, 5.74) is 3.69. The first-order valence-electron chi connectivity index (χ1n) is 12.1. The molecule has 3 aromatic rings. The van der Waals surface area contributed by atoms with Gasteiger partial charge in [-0.2, -0.15) is 6.08 Å². The minimum absolute atomic E-state index is 0.00523.